The van der Waals surface area contributed by atoms with E-state index in [1.807, 2.05) is 0 Å². The highest BCUT2D eigenvalue weighted by atomic mass is 16.5. The molecular weight excluding hydrogens is 196 g/mol. The van der Waals surface area contributed by atoms with Crippen molar-refractivity contribution in [2.24, 2.45) is 5.41 Å². The molecule has 0 aromatic carbocycles. The SMILES string of the molecule is O=COC1=CC(=O)CC2(CCOCC2)C1. The lowest BCUT2D eigenvalue weighted by Crippen LogP contribution is -2.34. The summed E-state index contributed by atoms with van der Waals surface area (Å²) in [5, 5.41) is 0. The molecule has 4 nitrogen and oxygen atoms in total. The number of ketones is 1. The van der Waals surface area contributed by atoms with Crippen LogP contribution in [0.15, 0.2) is 11.8 Å². The Hall–Kier alpha value is -1.16. The molecule has 0 aromatic heterocycles. The first-order valence-electron chi connectivity index (χ1n) is 5.16. The van der Waals surface area contributed by atoms with Crippen LogP contribution < -0.4 is 0 Å². The molecule has 0 radical (unpaired) electrons. The molecule has 1 heterocycles. The van der Waals surface area contributed by atoms with E-state index in [1.165, 1.54) is 6.08 Å². The van der Waals surface area contributed by atoms with Crippen LogP contribution >= 0.6 is 0 Å². The highest BCUT2D eigenvalue weighted by Gasteiger charge is 2.38. The van der Waals surface area contributed by atoms with Gasteiger partial charge in [0.25, 0.3) is 6.47 Å². The van der Waals surface area contributed by atoms with Crippen molar-refractivity contribution >= 4 is 12.3 Å². The van der Waals surface area contributed by atoms with Crippen molar-refractivity contribution in [1.82, 2.24) is 0 Å². The van der Waals surface area contributed by atoms with Crippen LogP contribution in [-0.4, -0.2) is 25.5 Å². The smallest absolute Gasteiger partial charge is 0.298 e. The molecule has 1 aliphatic heterocycles. The maximum Gasteiger partial charge on any atom is 0.298 e. The van der Waals surface area contributed by atoms with Gasteiger partial charge in [0.1, 0.15) is 5.76 Å². The van der Waals surface area contributed by atoms with Gasteiger partial charge in [-0.1, -0.05) is 0 Å². The standard InChI is InChI=1S/C11H14O4/c12-8-15-10-5-9(13)6-11(7-10)1-3-14-4-2-11/h5,8H,1-4,6-7H2. The Kier molecular flexibility index (Phi) is 2.86. The summed E-state index contributed by atoms with van der Waals surface area (Å²) in [7, 11) is 0. The summed E-state index contributed by atoms with van der Waals surface area (Å²) in [5.41, 5.74) is -0.0254. The molecule has 4 heteroatoms. The van der Waals surface area contributed by atoms with Crippen molar-refractivity contribution in [2.45, 2.75) is 25.7 Å². The van der Waals surface area contributed by atoms with Crippen LogP contribution in [0.3, 0.4) is 0 Å². The molecule has 1 saturated heterocycles. The molecule has 1 aliphatic carbocycles. The van der Waals surface area contributed by atoms with Crippen LogP contribution in [0.25, 0.3) is 0 Å². The molecular formula is C11H14O4. The van der Waals surface area contributed by atoms with Crippen molar-refractivity contribution < 1.29 is 19.1 Å². The average Bonchev–Trinajstić information content (AvgIpc) is 2.17. The Bertz CT molecular complexity index is 300. The topological polar surface area (TPSA) is 52.6 Å². The highest BCUT2D eigenvalue weighted by molar-refractivity contribution is 5.91. The zero-order chi connectivity index (χ0) is 10.7. The zero-order valence-corrected chi connectivity index (χ0v) is 8.53. The van der Waals surface area contributed by atoms with Gasteiger partial charge in [-0.2, -0.15) is 0 Å². The van der Waals surface area contributed by atoms with Crippen LogP contribution in [0.4, 0.5) is 0 Å². The second-order valence-electron chi connectivity index (χ2n) is 4.26. The van der Waals surface area contributed by atoms with E-state index in [2.05, 4.69) is 0 Å². The average molecular weight is 210 g/mol. The normalized spacial score (nSPS) is 24.8. The third kappa shape index (κ3) is 2.26. The molecule has 0 N–H and O–H groups in total. The number of hydrogen-bond donors (Lipinski definition) is 0. The lowest BCUT2D eigenvalue weighted by Gasteiger charge is -2.38. The first kappa shape index (κ1) is 10.4. The van der Waals surface area contributed by atoms with E-state index in [0.29, 0.717) is 38.3 Å². The van der Waals surface area contributed by atoms with E-state index < -0.39 is 0 Å². The molecule has 2 rings (SSSR count). The Labute approximate surface area is 88.2 Å². The summed E-state index contributed by atoms with van der Waals surface area (Å²) in [6.07, 6.45) is 4.43. The largest absolute Gasteiger partial charge is 0.433 e. The molecule has 15 heavy (non-hydrogen) atoms. The van der Waals surface area contributed by atoms with Crippen molar-refractivity contribution in [3.63, 3.8) is 0 Å². The van der Waals surface area contributed by atoms with Gasteiger partial charge in [0.05, 0.1) is 0 Å². The maximum atomic E-state index is 11.5. The third-order valence-corrected chi connectivity index (χ3v) is 3.17. The van der Waals surface area contributed by atoms with Gasteiger partial charge < -0.3 is 9.47 Å². The quantitative estimate of drug-likeness (QED) is 0.643. The van der Waals surface area contributed by atoms with Crippen LogP contribution in [0.5, 0.6) is 0 Å². The van der Waals surface area contributed by atoms with E-state index in [-0.39, 0.29) is 11.2 Å². The molecule has 0 saturated carbocycles. The summed E-state index contributed by atoms with van der Waals surface area (Å²) < 4.78 is 10.1. The van der Waals surface area contributed by atoms with Gasteiger partial charge in [-0.25, -0.2) is 0 Å². The van der Waals surface area contributed by atoms with E-state index in [9.17, 15) is 9.59 Å². The Balaban J connectivity index is 2.12. The van der Waals surface area contributed by atoms with Gasteiger partial charge in [-0.05, 0) is 18.3 Å². The van der Waals surface area contributed by atoms with Crippen LogP contribution in [0.2, 0.25) is 0 Å². The molecule has 0 unspecified atom stereocenters. The predicted molar refractivity (Wildman–Crippen MR) is 52.0 cm³/mol. The Morgan fingerprint density at radius 1 is 1.33 bits per heavy atom. The monoisotopic (exact) mass is 210 g/mol. The van der Waals surface area contributed by atoms with Gasteiger partial charge in [0, 0.05) is 32.1 Å². The fourth-order valence-corrected chi connectivity index (χ4v) is 2.38. The third-order valence-electron chi connectivity index (χ3n) is 3.17. The maximum absolute atomic E-state index is 11.5. The lowest BCUT2D eigenvalue weighted by molar-refractivity contribution is -0.127. The number of carbonyl (C=O) groups is 2. The first-order chi connectivity index (χ1) is 7.24. The van der Waals surface area contributed by atoms with Crippen molar-refractivity contribution in [1.29, 1.82) is 0 Å². The minimum Gasteiger partial charge on any atom is -0.433 e. The first-order valence-corrected chi connectivity index (χ1v) is 5.16. The molecule has 1 spiro atoms. The number of hydrogen-bond acceptors (Lipinski definition) is 4. The van der Waals surface area contributed by atoms with Gasteiger partial charge >= 0.3 is 0 Å². The molecule has 82 valence electrons. The van der Waals surface area contributed by atoms with Crippen molar-refractivity contribution in [2.75, 3.05) is 13.2 Å². The molecule has 0 atom stereocenters. The molecule has 2 aliphatic rings. The van der Waals surface area contributed by atoms with E-state index in [4.69, 9.17) is 9.47 Å². The van der Waals surface area contributed by atoms with Crippen LogP contribution in [0.1, 0.15) is 25.7 Å². The number of ether oxygens (including phenoxy) is 2. The fourth-order valence-electron chi connectivity index (χ4n) is 2.38. The van der Waals surface area contributed by atoms with Crippen LogP contribution in [0, 0.1) is 5.41 Å². The number of rotatable bonds is 2. The number of allylic oxidation sites excluding steroid dienone is 2. The zero-order valence-electron chi connectivity index (χ0n) is 8.53. The van der Waals surface area contributed by atoms with Gasteiger partial charge in [0.15, 0.2) is 5.78 Å². The summed E-state index contributed by atoms with van der Waals surface area (Å²) >= 11 is 0. The van der Waals surface area contributed by atoms with Crippen molar-refractivity contribution in [3.8, 4) is 0 Å². The lowest BCUT2D eigenvalue weighted by atomic mass is 9.70. The van der Waals surface area contributed by atoms with Gasteiger partial charge in [-0.15, -0.1) is 0 Å². The minimum absolute atomic E-state index is 0.0254. The summed E-state index contributed by atoms with van der Waals surface area (Å²) in [5.74, 6) is 0.558. The fraction of sp³-hybridized carbons (Fsp3) is 0.636. The summed E-state index contributed by atoms with van der Waals surface area (Å²) in [6.45, 7) is 1.78. The Morgan fingerprint density at radius 2 is 2.07 bits per heavy atom. The molecule has 0 bridgehead atoms. The minimum atomic E-state index is -0.0254. The van der Waals surface area contributed by atoms with E-state index >= 15 is 0 Å². The molecule has 1 fully saturated rings. The summed E-state index contributed by atoms with van der Waals surface area (Å²) in [4.78, 5) is 21.8. The summed E-state index contributed by atoms with van der Waals surface area (Å²) in [6, 6.07) is 0. The Morgan fingerprint density at radius 3 is 2.73 bits per heavy atom. The van der Waals surface area contributed by atoms with E-state index in [0.717, 1.165) is 12.8 Å². The predicted octanol–water partition coefficient (Wildman–Crippen LogP) is 1.20. The van der Waals surface area contributed by atoms with Crippen molar-refractivity contribution in [3.05, 3.63) is 11.8 Å². The molecule has 0 aromatic rings. The van der Waals surface area contributed by atoms with Gasteiger partial charge in [0.2, 0.25) is 0 Å². The highest BCUT2D eigenvalue weighted by Crippen LogP contribution is 2.43. The van der Waals surface area contributed by atoms with Gasteiger partial charge in [-0.3, -0.25) is 9.59 Å². The van der Waals surface area contributed by atoms with Crippen LogP contribution in [-0.2, 0) is 19.1 Å². The second kappa shape index (κ2) is 4.14. The molecule has 0 amide bonds. The number of carbonyl (C=O) groups excluding carboxylic acids is 2. The second-order valence-corrected chi connectivity index (χ2v) is 4.26. The van der Waals surface area contributed by atoms with E-state index in [1.54, 1.807) is 0 Å².